The zero-order chi connectivity index (χ0) is 16.1. The van der Waals surface area contributed by atoms with Crippen molar-refractivity contribution in [1.29, 1.82) is 0 Å². The van der Waals surface area contributed by atoms with Crippen molar-refractivity contribution in [3.05, 3.63) is 24.3 Å². The largest absolute Gasteiger partial charge is 0.412 e. The molecule has 0 aromatic carbocycles. The summed E-state index contributed by atoms with van der Waals surface area (Å²) in [6, 6.07) is 0. The lowest BCUT2D eigenvalue weighted by molar-refractivity contribution is -0.141. The highest BCUT2D eigenvalue weighted by atomic mass is 16.2. The maximum Gasteiger partial charge on any atom is 0.285 e. The second-order valence-electron chi connectivity index (χ2n) is 5.12. The average Bonchev–Trinajstić information content (AvgIpc) is 2.80. The van der Waals surface area contributed by atoms with Gasteiger partial charge in [-0.2, -0.15) is 0 Å². The number of nitrogens with two attached hydrogens (primary N) is 1. The molecule has 0 spiro atoms. The number of ketones is 3. The van der Waals surface area contributed by atoms with Crippen LogP contribution < -0.4 is 11.3 Å². The van der Waals surface area contributed by atoms with E-state index in [0.717, 1.165) is 25.7 Å². The lowest BCUT2D eigenvalue weighted by Gasteiger charge is -2.20. The van der Waals surface area contributed by atoms with Gasteiger partial charge in [0.2, 0.25) is 11.6 Å². The van der Waals surface area contributed by atoms with Gasteiger partial charge in [0.05, 0.1) is 6.20 Å². The summed E-state index contributed by atoms with van der Waals surface area (Å²) in [4.78, 5) is 51.4. The Morgan fingerprint density at radius 1 is 1.09 bits per heavy atom. The summed E-state index contributed by atoms with van der Waals surface area (Å²) in [6.45, 7) is 0. The number of nitrogen functional groups attached to an aromatic ring is 1. The molecule has 2 fully saturated rings. The first kappa shape index (κ1) is 18.5. The second kappa shape index (κ2) is 8.20. The summed E-state index contributed by atoms with van der Waals surface area (Å²) in [5.41, 5.74) is 2.15. The molecular weight excluding hydrogens is 304 g/mol. The summed E-state index contributed by atoms with van der Waals surface area (Å²) in [5, 5.41) is 0. The molecule has 2 saturated carbocycles. The highest BCUT2D eigenvalue weighted by molar-refractivity contribution is 6.68. The van der Waals surface area contributed by atoms with Crippen LogP contribution in [0.4, 0.5) is 0 Å². The third-order valence-corrected chi connectivity index (χ3v) is 3.81. The maximum absolute atomic E-state index is 11.2. The van der Waals surface area contributed by atoms with Crippen molar-refractivity contribution in [2.45, 2.75) is 25.7 Å². The van der Waals surface area contributed by atoms with Gasteiger partial charge < -0.3 is 5.48 Å². The van der Waals surface area contributed by atoms with Gasteiger partial charge in [-0.05, 0) is 12.8 Å². The van der Waals surface area contributed by atoms with Crippen molar-refractivity contribution in [3.63, 3.8) is 0 Å². The van der Waals surface area contributed by atoms with Crippen molar-refractivity contribution in [2.75, 3.05) is 0 Å². The first-order valence-electron chi connectivity index (χ1n) is 6.95. The van der Waals surface area contributed by atoms with E-state index in [2.05, 4.69) is 9.97 Å². The molecule has 0 radical (unpaired) electrons. The Morgan fingerprint density at radius 3 is 2.09 bits per heavy atom. The Hall–Kier alpha value is -2.52. The van der Waals surface area contributed by atoms with E-state index in [0.29, 0.717) is 0 Å². The zero-order valence-corrected chi connectivity index (χ0v) is 12.3. The van der Waals surface area contributed by atoms with Gasteiger partial charge in [0.25, 0.3) is 11.7 Å². The predicted molar refractivity (Wildman–Crippen MR) is 77.8 cm³/mol. The number of Topliss-reactive ketones (excluding diaryl/α,β-unsaturated/α-hetero) is 3. The quantitative estimate of drug-likeness (QED) is 0.283. The summed E-state index contributed by atoms with van der Waals surface area (Å²) >= 11 is 0. The van der Waals surface area contributed by atoms with Crippen molar-refractivity contribution in [2.24, 2.45) is 17.7 Å². The third kappa shape index (κ3) is 4.02. The lowest BCUT2D eigenvalue weighted by atomic mass is 9.81. The van der Waals surface area contributed by atoms with Crippen molar-refractivity contribution in [1.82, 2.24) is 15.4 Å². The van der Waals surface area contributed by atoms with E-state index in [1.807, 2.05) is 5.43 Å². The summed E-state index contributed by atoms with van der Waals surface area (Å²) in [7, 11) is 0. The fourth-order valence-corrected chi connectivity index (χ4v) is 2.71. The molecule has 23 heavy (non-hydrogen) atoms. The molecule has 0 saturated heterocycles. The number of nitrogens with zero attached hydrogens (tertiary/aromatic N) is 2. The van der Waals surface area contributed by atoms with Crippen LogP contribution in [0.25, 0.3) is 0 Å². The van der Waals surface area contributed by atoms with Gasteiger partial charge in [-0.1, -0.05) is 12.8 Å². The molecule has 1 heterocycles. The summed E-state index contributed by atoms with van der Waals surface area (Å²) in [6.07, 6.45) is 7.67. The van der Waals surface area contributed by atoms with Crippen LogP contribution in [0, 0.1) is 11.8 Å². The fraction of sp³-hybridized carbons (Fsp3) is 0.429. The van der Waals surface area contributed by atoms with Crippen LogP contribution in [-0.2, 0) is 14.4 Å². The minimum Gasteiger partial charge on any atom is -0.412 e. The number of hydrazine groups is 1. The topological polar surface area (TPSA) is 164 Å². The minimum absolute atomic E-state index is 0. The summed E-state index contributed by atoms with van der Waals surface area (Å²) < 4.78 is 0. The van der Waals surface area contributed by atoms with Gasteiger partial charge in [0.1, 0.15) is 5.69 Å². The number of carbonyl (C=O) groups is 4. The number of hydrogen-bond acceptors (Lipinski definition) is 7. The van der Waals surface area contributed by atoms with Crippen LogP contribution in [0.15, 0.2) is 18.6 Å². The molecule has 2 atom stereocenters. The Balaban J connectivity index is 0.000000224. The van der Waals surface area contributed by atoms with Gasteiger partial charge in [0, 0.05) is 24.2 Å². The molecule has 5 N–H and O–H groups in total. The van der Waals surface area contributed by atoms with Crippen LogP contribution in [0.5, 0.6) is 0 Å². The van der Waals surface area contributed by atoms with E-state index in [1.165, 1.54) is 18.6 Å². The number of amides is 1. The first-order valence-corrected chi connectivity index (χ1v) is 6.95. The van der Waals surface area contributed by atoms with E-state index in [-0.39, 0.29) is 23.0 Å². The van der Waals surface area contributed by atoms with E-state index in [4.69, 9.17) is 5.84 Å². The number of nitrogens with one attached hydrogen (secondary N) is 1. The van der Waals surface area contributed by atoms with Gasteiger partial charge in [-0.3, -0.25) is 29.6 Å². The Morgan fingerprint density at radius 2 is 1.65 bits per heavy atom. The molecule has 124 valence electrons. The first-order chi connectivity index (χ1) is 10.6. The van der Waals surface area contributed by atoms with E-state index >= 15 is 0 Å². The monoisotopic (exact) mass is 322 g/mol. The van der Waals surface area contributed by atoms with Gasteiger partial charge in [-0.25, -0.2) is 10.8 Å². The molecule has 0 aliphatic heterocycles. The molecule has 2 aliphatic carbocycles. The van der Waals surface area contributed by atoms with Gasteiger partial charge in [0.15, 0.2) is 0 Å². The van der Waals surface area contributed by atoms with Crippen LogP contribution in [0.2, 0.25) is 0 Å². The molecule has 1 amide bonds. The zero-order valence-electron chi connectivity index (χ0n) is 12.3. The molecule has 1 aromatic heterocycles. The lowest BCUT2D eigenvalue weighted by Crippen LogP contribution is -2.30. The van der Waals surface area contributed by atoms with E-state index < -0.39 is 23.3 Å². The maximum atomic E-state index is 11.2. The van der Waals surface area contributed by atoms with Crippen molar-refractivity contribution >= 4 is 23.3 Å². The van der Waals surface area contributed by atoms with E-state index in [1.54, 1.807) is 0 Å². The molecule has 0 bridgehead atoms. The Bertz CT molecular complexity index is 578. The van der Waals surface area contributed by atoms with Gasteiger partial charge >= 0.3 is 0 Å². The number of aromatic nitrogens is 2. The van der Waals surface area contributed by atoms with E-state index in [9.17, 15) is 19.2 Å². The summed E-state index contributed by atoms with van der Waals surface area (Å²) in [5.74, 6) is 2.30. The number of hydrogen-bond donors (Lipinski definition) is 2. The van der Waals surface area contributed by atoms with Crippen LogP contribution >= 0.6 is 0 Å². The number of fused-ring (bicyclic) bond motifs is 1. The van der Waals surface area contributed by atoms with Crippen LogP contribution in [-0.4, -0.2) is 38.7 Å². The third-order valence-electron chi connectivity index (χ3n) is 3.81. The molecule has 9 nitrogen and oxygen atoms in total. The highest BCUT2D eigenvalue weighted by Crippen LogP contribution is 2.36. The van der Waals surface area contributed by atoms with Crippen LogP contribution in [0.1, 0.15) is 36.2 Å². The van der Waals surface area contributed by atoms with Crippen molar-refractivity contribution < 1.29 is 24.7 Å². The molecule has 9 heteroatoms. The average molecular weight is 322 g/mol. The molecule has 3 rings (SSSR count). The van der Waals surface area contributed by atoms with Crippen molar-refractivity contribution in [3.8, 4) is 0 Å². The fourth-order valence-electron chi connectivity index (χ4n) is 2.71. The SMILES string of the molecule is NNC(=O)c1cnccn1.O.O=C1C(=O)C2CCCCC2C1=O. The number of rotatable bonds is 1. The molecular formula is C14H18N4O5. The highest BCUT2D eigenvalue weighted by Gasteiger charge is 2.48. The number of carbonyl (C=O) groups excluding carboxylic acids is 4. The minimum atomic E-state index is -0.744. The molecule has 1 aromatic rings. The van der Waals surface area contributed by atoms with Gasteiger partial charge in [-0.15, -0.1) is 0 Å². The normalized spacial score (nSPS) is 22.4. The molecule has 2 unspecified atom stereocenters. The molecule has 2 aliphatic rings. The Labute approximate surface area is 132 Å². The smallest absolute Gasteiger partial charge is 0.285 e. The Kier molecular flexibility index (Phi) is 6.61. The second-order valence-corrected chi connectivity index (χ2v) is 5.12. The standard InChI is InChI=1S/C9H10O3.C5H6N4O.H2O/c10-7-5-3-1-2-4-6(5)8(11)9(7)12;6-9-5(10)4-3-7-1-2-8-4;/h5-6H,1-4H2;1-3H,6H2,(H,9,10);1H2. The van der Waals surface area contributed by atoms with Crippen LogP contribution in [0.3, 0.4) is 0 Å². The predicted octanol–water partition coefficient (Wildman–Crippen LogP) is -1.23.